The summed E-state index contributed by atoms with van der Waals surface area (Å²) in [5.41, 5.74) is 6.27. The highest BCUT2D eigenvalue weighted by Gasteiger charge is 2.32. The fraction of sp³-hybridized carbons (Fsp3) is 0.167. The van der Waals surface area contributed by atoms with Crippen LogP contribution in [-0.4, -0.2) is 17.5 Å². The summed E-state index contributed by atoms with van der Waals surface area (Å²) in [5, 5.41) is 0.775. The van der Waals surface area contributed by atoms with E-state index in [1.165, 1.54) is 17.4 Å². The van der Waals surface area contributed by atoms with Crippen molar-refractivity contribution in [3.8, 4) is 0 Å². The van der Waals surface area contributed by atoms with Gasteiger partial charge in [0.15, 0.2) is 5.96 Å². The van der Waals surface area contributed by atoms with Crippen molar-refractivity contribution in [2.45, 2.75) is 6.04 Å². The highest BCUT2D eigenvalue weighted by atomic mass is 35.5. The Hall–Kier alpha value is -1.66. The van der Waals surface area contributed by atoms with Gasteiger partial charge < -0.3 is 5.73 Å². The van der Waals surface area contributed by atoms with Crippen molar-refractivity contribution in [3.63, 3.8) is 0 Å². The maximum Gasteiger partial charge on any atom is 0.196 e. The van der Waals surface area contributed by atoms with Gasteiger partial charge in [-0.05, 0) is 12.1 Å². The molecule has 7 heteroatoms. The topological polar surface area (TPSA) is 54.5 Å². The Morgan fingerprint density at radius 1 is 1.42 bits per heavy atom. The van der Waals surface area contributed by atoms with Gasteiger partial charge in [-0.1, -0.05) is 23.7 Å². The highest BCUT2D eigenvalue weighted by Crippen LogP contribution is 2.35. The summed E-state index contributed by atoms with van der Waals surface area (Å²) in [6.07, 6.45) is 1.58. The molecule has 2 heterocycles. The Morgan fingerprint density at radius 3 is 2.89 bits per heavy atom. The minimum Gasteiger partial charge on any atom is -0.369 e. The number of rotatable bonds is 2. The minimum absolute atomic E-state index is 0.200. The molecule has 3 rings (SSSR count). The van der Waals surface area contributed by atoms with E-state index in [2.05, 4.69) is 9.98 Å². The number of nitrogens with two attached hydrogens (primary N) is 1. The molecule has 19 heavy (non-hydrogen) atoms. The lowest BCUT2D eigenvalue weighted by Gasteiger charge is -2.25. The predicted octanol–water partition coefficient (Wildman–Crippen LogP) is 2.81. The smallest absolute Gasteiger partial charge is 0.196 e. The average molecular weight is 297 g/mol. The van der Waals surface area contributed by atoms with Gasteiger partial charge in [-0.3, -0.25) is 9.89 Å². The van der Waals surface area contributed by atoms with Gasteiger partial charge in [0.1, 0.15) is 21.2 Å². The van der Waals surface area contributed by atoms with Gasteiger partial charge >= 0.3 is 0 Å². The Morgan fingerprint density at radius 2 is 2.21 bits per heavy atom. The molecule has 1 aliphatic rings. The summed E-state index contributed by atoms with van der Waals surface area (Å²) in [7, 11) is 0. The van der Waals surface area contributed by atoms with Gasteiger partial charge in [-0.2, -0.15) is 0 Å². The summed E-state index contributed by atoms with van der Waals surface area (Å²) < 4.78 is 14.5. The standard InChI is InChI=1S/C12H10ClFN4S/c13-10-6-16-11(19-10)9-5-17-12(15)18(9)8-4-2-1-3-7(8)14/h1-4,6,9H,5H2,(H2,15,17). The van der Waals surface area contributed by atoms with Gasteiger partial charge in [-0.15, -0.1) is 11.3 Å². The first-order valence-corrected chi connectivity index (χ1v) is 6.81. The Bertz CT molecular complexity index is 642. The van der Waals surface area contributed by atoms with Gasteiger partial charge in [0.25, 0.3) is 0 Å². The number of nitrogens with zero attached hydrogens (tertiary/aromatic N) is 3. The predicted molar refractivity (Wildman–Crippen MR) is 75.2 cm³/mol. The Labute approximate surface area is 118 Å². The second-order valence-corrected chi connectivity index (χ2v) is 5.73. The maximum absolute atomic E-state index is 13.9. The van der Waals surface area contributed by atoms with Crippen LogP contribution in [0.15, 0.2) is 35.5 Å². The van der Waals surface area contributed by atoms with Crippen LogP contribution in [0.1, 0.15) is 11.0 Å². The molecular weight excluding hydrogens is 287 g/mol. The summed E-state index contributed by atoms with van der Waals surface area (Å²) >= 11 is 7.25. The lowest BCUT2D eigenvalue weighted by Crippen LogP contribution is -2.36. The summed E-state index contributed by atoms with van der Waals surface area (Å²) in [4.78, 5) is 10.1. The lowest BCUT2D eigenvalue weighted by molar-refractivity contribution is 0.619. The number of hydrogen-bond donors (Lipinski definition) is 1. The van der Waals surface area contributed by atoms with E-state index in [1.807, 2.05) is 0 Å². The third kappa shape index (κ3) is 2.17. The number of aromatic nitrogens is 1. The van der Waals surface area contributed by atoms with Crippen molar-refractivity contribution in [3.05, 3.63) is 45.6 Å². The molecule has 2 aromatic rings. The van der Waals surface area contributed by atoms with Crippen molar-refractivity contribution in [2.75, 3.05) is 11.4 Å². The number of benzene rings is 1. The number of thiazole rings is 1. The molecule has 0 spiro atoms. The minimum atomic E-state index is -0.338. The van der Waals surface area contributed by atoms with Gasteiger partial charge in [0.05, 0.1) is 18.4 Å². The summed E-state index contributed by atoms with van der Waals surface area (Å²) in [6.45, 7) is 0.448. The molecule has 98 valence electrons. The normalized spacial score (nSPS) is 18.7. The van der Waals surface area contributed by atoms with Crippen molar-refractivity contribution >= 4 is 34.6 Å². The Kier molecular flexibility index (Phi) is 3.12. The molecule has 1 aliphatic heterocycles. The van der Waals surface area contributed by atoms with Crippen LogP contribution in [0.4, 0.5) is 10.1 Å². The molecule has 4 nitrogen and oxygen atoms in total. The molecular formula is C12H10ClFN4S. The van der Waals surface area contributed by atoms with E-state index >= 15 is 0 Å². The van der Waals surface area contributed by atoms with E-state index in [1.54, 1.807) is 29.3 Å². The first kappa shape index (κ1) is 12.4. The molecule has 1 aromatic heterocycles. The quantitative estimate of drug-likeness (QED) is 0.927. The van der Waals surface area contributed by atoms with Crippen molar-refractivity contribution < 1.29 is 4.39 Å². The molecule has 0 saturated carbocycles. The SMILES string of the molecule is NC1=NCC(c2ncc(Cl)s2)N1c1ccccc1F. The van der Waals surface area contributed by atoms with Crippen LogP contribution in [0.3, 0.4) is 0 Å². The van der Waals surface area contributed by atoms with Crippen LogP contribution in [0.2, 0.25) is 4.34 Å². The van der Waals surface area contributed by atoms with E-state index in [-0.39, 0.29) is 11.9 Å². The molecule has 0 bridgehead atoms. The second kappa shape index (κ2) is 4.79. The van der Waals surface area contributed by atoms with Crippen LogP contribution in [-0.2, 0) is 0 Å². The first-order chi connectivity index (χ1) is 9.16. The zero-order valence-corrected chi connectivity index (χ0v) is 11.3. The zero-order chi connectivity index (χ0) is 13.4. The van der Waals surface area contributed by atoms with Crippen molar-refractivity contribution in [2.24, 2.45) is 10.7 Å². The fourth-order valence-corrected chi connectivity index (χ4v) is 3.06. The fourth-order valence-electron chi connectivity index (χ4n) is 2.05. The molecule has 0 amide bonds. The first-order valence-electron chi connectivity index (χ1n) is 5.61. The number of guanidine groups is 1. The van der Waals surface area contributed by atoms with Crippen LogP contribution < -0.4 is 10.6 Å². The summed E-state index contributed by atoms with van der Waals surface area (Å²) in [6, 6.07) is 6.26. The largest absolute Gasteiger partial charge is 0.369 e. The average Bonchev–Trinajstić information content (AvgIpc) is 2.96. The number of halogens is 2. The molecule has 0 fully saturated rings. The summed E-state index contributed by atoms with van der Waals surface area (Å²) in [5.74, 6) is -0.0448. The molecule has 1 unspecified atom stereocenters. The molecule has 0 saturated heterocycles. The van der Waals surface area contributed by atoms with Crippen LogP contribution >= 0.6 is 22.9 Å². The molecule has 0 aliphatic carbocycles. The molecule has 2 N–H and O–H groups in total. The Balaban J connectivity index is 2.02. The van der Waals surface area contributed by atoms with Crippen molar-refractivity contribution in [1.29, 1.82) is 0 Å². The molecule has 1 aromatic carbocycles. The number of para-hydroxylation sites is 1. The molecule has 1 atom stereocenters. The van der Waals surface area contributed by atoms with Crippen molar-refractivity contribution in [1.82, 2.24) is 4.98 Å². The third-order valence-electron chi connectivity index (χ3n) is 2.88. The van der Waals surface area contributed by atoms with E-state index in [0.717, 1.165) is 5.01 Å². The van der Waals surface area contributed by atoms with Crippen LogP contribution in [0.25, 0.3) is 0 Å². The van der Waals surface area contributed by atoms with E-state index in [0.29, 0.717) is 22.5 Å². The van der Waals surface area contributed by atoms with Gasteiger partial charge in [-0.25, -0.2) is 9.37 Å². The van der Waals surface area contributed by atoms with E-state index < -0.39 is 0 Å². The zero-order valence-electron chi connectivity index (χ0n) is 9.75. The number of anilines is 1. The second-order valence-electron chi connectivity index (χ2n) is 4.04. The van der Waals surface area contributed by atoms with Gasteiger partial charge in [0.2, 0.25) is 0 Å². The van der Waals surface area contributed by atoms with Crippen LogP contribution in [0.5, 0.6) is 0 Å². The third-order valence-corrected chi connectivity index (χ3v) is 4.09. The van der Waals surface area contributed by atoms with E-state index in [9.17, 15) is 4.39 Å². The van der Waals surface area contributed by atoms with Gasteiger partial charge in [0, 0.05) is 0 Å². The number of hydrogen-bond acceptors (Lipinski definition) is 5. The molecule has 0 radical (unpaired) electrons. The number of aliphatic imine (C=N–C) groups is 1. The van der Waals surface area contributed by atoms with E-state index in [4.69, 9.17) is 17.3 Å². The lowest BCUT2D eigenvalue weighted by atomic mass is 10.2. The monoisotopic (exact) mass is 296 g/mol. The highest BCUT2D eigenvalue weighted by molar-refractivity contribution is 7.15. The van der Waals surface area contributed by atoms with Crippen LogP contribution in [0, 0.1) is 5.82 Å². The maximum atomic E-state index is 13.9.